The Balaban J connectivity index is 1.72. The van der Waals surface area contributed by atoms with Crippen LogP contribution in [0.1, 0.15) is 33.6 Å². The standard InChI is InChI=1S/C17H21N3OS/c1-16(2)12-9-10-17(16,3)14(21)13(12)19-20-15(22)18-11-7-5-4-6-8-11/h4-8,12H,9-10H2,1-3H3,(H2,18,20,22)/t12-,17-/m1/s1. The van der Waals surface area contributed by atoms with Gasteiger partial charge in [-0.05, 0) is 42.6 Å². The number of Topliss-reactive ketones (excluding diaryl/α,β-unsaturated/α-hetero) is 1. The highest BCUT2D eigenvalue weighted by atomic mass is 32.1. The lowest BCUT2D eigenvalue weighted by Crippen LogP contribution is -2.34. The second-order valence-corrected chi connectivity index (χ2v) is 7.31. The van der Waals surface area contributed by atoms with Crippen molar-refractivity contribution in [3.8, 4) is 0 Å². The van der Waals surface area contributed by atoms with Gasteiger partial charge in [0, 0.05) is 17.0 Å². The van der Waals surface area contributed by atoms with E-state index >= 15 is 0 Å². The van der Waals surface area contributed by atoms with Crippen LogP contribution in [-0.4, -0.2) is 16.6 Å². The number of rotatable bonds is 2. The third kappa shape index (κ3) is 2.15. The van der Waals surface area contributed by atoms with Gasteiger partial charge in [0.25, 0.3) is 0 Å². The zero-order valence-corrected chi connectivity index (χ0v) is 14.0. The lowest BCUT2D eigenvalue weighted by molar-refractivity contribution is -0.123. The molecule has 3 rings (SSSR count). The predicted octanol–water partition coefficient (Wildman–Crippen LogP) is 3.35. The van der Waals surface area contributed by atoms with Crippen LogP contribution >= 0.6 is 12.2 Å². The highest BCUT2D eigenvalue weighted by Crippen LogP contribution is 2.62. The van der Waals surface area contributed by atoms with Gasteiger partial charge in [-0.3, -0.25) is 10.2 Å². The van der Waals surface area contributed by atoms with Crippen LogP contribution in [0.4, 0.5) is 5.69 Å². The molecule has 0 spiro atoms. The number of thiocarbonyl (C=S) groups is 1. The first-order chi connectivity index (χ1) is 10.4. The number of fused-ring (bicyclic) bond motifs is 2. The van der Waals surface area contributed by atoms with Gasteiger partial charge in [-0.15, -0.1) is 0 Å². The SMILES string of the molecule is CC1(C)[C@@H]2CC[C@]1(C)C(=O)C2=NNC(=S)Nc1ccccc1. The highest BCUT2D eigenvalue weighted by Gasteiger charge is 2.65. The molecule has 22 heavy (non-hydrogen) atoms. The molecule has 2 atom stereocenters. The zero-order valence-electron chi connectivity index (χ0n) is 13.1. The molecule has 0 unspecified atom stereocenters. The maximum Gasteiger partial charge on any atom is 0.191 e. The summed E-state index contributed by atoms with van der Waals surface area (Å²) >= 11 is 5.24. The van der Waals surface area contributed by atoms with Crippen LogP contribution in [-0.2, 0) is 4.79 Å². The van der Waals surface area contributed by atoms with Crippen LogP contribution in [0, 0.1) is 16.7 Å². The summed E-state index contributed by atoms with van der Waals surface area (Å²) in [5, 5.41) is 7.79. The van der Waals surface area contributed by atoms with Gasteiger partial charge in [0.15, 0.2) is 10.9 Å². The first-order valence-corrected chi connectivity index (χ1v) is 8.01. The van der Waals surface area contributed by atoms with Crippen LogP contribution < -0.4 is 10.7 Å². The molecule has 1 aromatic rings. The van der Waals surface area contributed by atoms with Crippen molar-refractivity contribution in [2.75, 3.05) is 5.32 Å². The van der Waals surface area contributed by atoms with E-state index in [0.717, 1.165) is 18.5 Å². The molecule has 2 N–H and O–H groups in total. The van der Waals surface area contributed by atoms with E-state index in [1.807, 2.05) is 30.3 Å². The number of hydrogen-bond donors (Lipinski definition) is 2. The summed E-state index contributed by atoms with van der Waals surface area (Å²) in [5.74, 6) is 0.390. The fourth-order valence-electron chi connectivity index (χ4n) is 3.75. The monoisotopic (exact) mass is 315 g/mol. The highest BCUT2D eigenvalue weighted by molar-refractivity contribution is 7.80. The summed E-state index contributed by atoms with van der Waals surface area (Å²) in [6, 6.07) is 9.65. The minimum Gasteiger partial charge on any atom is -0.331 e. The third-order valence-corrected chi connectivity index (χ3v) is 5.79. The quantitative estimate of drug-likeness (QED) is 0.649. The molecule has 0 radical (unpaired) electrons. The number of carbonyl (C=O) groups is 1. The van der Waals surface area contributed by atoms with Gasteiger partial charge >= 0.3 is 0 Å². The van der Waals surface area contributed by atoms with Crippen LogP contribution in [0.15, 0.2) is 35.4 Å². The summed E-state index contributed by atoms with van der Waals surface area (Å²) in [5.41, 5.74) is 4.06. The van der Waals surface area contributed by atoms with E-state index in [-0.39, 0.29) is 22.5 Å². The Kier molecular flexibility index (Phi) is 3.56. The van der Waals surface area contributed by atoms with E-state index in [9.17, 15) is 4.79 Å². The van der Waals surface area contributed by atoms with E-state index in [4.69, 9.17) is 12.2 Å². The van der Waals surface area contributed by atoms with Crippen molar-refractivity contribution in [3.63, 3.8) is 0 Å². The average Bonchev–Trinajstić information content (AvgIpc) is 2.79. The Morgan fingerprint density at radius 3 is 2.55 bits per heavy atom. The van der Waals surface area contributed by atoms with Gasteiger partial charge < -0.3 is 5.32 Å². The average molecular weight is 315 g/mol. The first-order valence-electron chi connectivity index (χ1n) is 7.61. The minimum atomic E-state index is -0.285. The number of hydrazone groups is 1. The summed E-state index contributed by atoms with van der Waals surface area (Å²) in [6.07, 6.45) is 1.98. The van der Waals surface area contributed by atoms with Crippen molar-refractivity contribution in [1.82, 2.24) is 5.43 Å². The number of hydrogen-bond acceptors (Lipinski definition) is 3. The molecule has 2 aliphatic carbocycles. The Morgan fingerprint density at radius 2 is 1.95 bits per heavy atom. The lowest BCUT2D eigenvalue weighted by Gasteiger charge is -2.31. The predicted molar refractivity (Wildman–Crippen MR) is 92.9 cm³/mol. The molecule has 116 valence electrons. The Morgan fingerprint density at radius 1 is 1.27 bits per heavy atom. The summed E-state index contributed by atoms with van der Waals surface area (Å²) < 4.78 is 0. The smallest absolute Gasteiger partial charge is 0.191 e. The van der Waals surface area contributed by atoms with Crippen LogP contribution in [0.5, 0.6) is 0 Å². The van der Waals surface area contributed by atoms with Gasteiger partial charge in [0.05, 0.1) is 0 Å². The number of benzene rings is 1. The number of nitrogens with zero attached hydrogens (tertiary/aromatic N) is 1. The second kappa shape index (κ2) is 5.16. The van der Waals surface area contributed by atoms with Crippen molar-refractivity contribution >= 4 is 34.5 Å². The maximum absolute atomic E-state index is 12.6. The van der Waals surface area contributed by atoms with Crippen molar-refractivity contribution in [2.45, 2.75) is 33.6 Å². The molecule has 2 saturated carbocycles. The van der Waals surface area contributed by atoms with E-state index in [1.54, 1.807) is 0 Å². The molecule has 2 fully saturated rings. The van der Waals surface area contributed by atoms with Crippen LogP contribution in [0.25, 0.3) is 0 Å². The fourth-order valence-corrected chi connectivity index (χ4v) is 3.91. The summed E-state index contributed by atoms with van der Waals surface area (Å²) in [7, 11) is 0. The molecule has 2 aliphatic rings. The van der Waals surface area contributed by atoms with E-state index in [0.29, 0.717) is 10.8 Å². The van der Waals surface area contributed by atoms with Crippen molar-refractivity contribution < 1.29 is 4.79 Å². The molecule has 0 aromatic heterocycles. The topological polar surface area (TPSA) is 53.5 Å². The van der Waals surface area contributed by atoms with Crippen molar-refractivity contribution in [2.24, 2.45) is 21.8 Å². The van der Waals surface area contributed by atoms with Crippen molar-refractivity contribution in [1.29, 1.82) is 0 Å². The summed E-state index contributed by atoms with van der Waals surface area (Å²) in [4.78, 5) is 12.6. The zero-order chi connectivity index (χ0) is 16.0. The molecule has 0 aliphatic heterocycles. The molecule has 5 heteroatoms. The van der Waals surface area contributed by atoms with E-state index in [2.05, 4.69) is 36.6 Å². The third-order valence-electron chi connectivity index (χ3n) is 5.60. The maximum atomic E-state index is 12.6. The molecular weight excluding hydrogens is 294 g/mol. The van der Waals surface area contributed by atoms with Gasteiger partial charge in [-0.1, -0.05) is 39.0 Å². The number of para-hydroxylation sites is 1. The largest absolute Gasteiger partial charge is 0.331 e. The van der Waals surface area contributed by atoms with E-state index in [1.165, 1.54) is 0 Å². The van der Waals surface area contributed by atoms with Gasteiger partial charge in [-0.2, -0.15) is 5.10 Å². The van der Waals surface area contributed by atoms with Gasteiger partial charge in [-0.25, -0.2) is 0 Å². The van der Waals surface area contributed by atoms with E-state index < -0.39 is 0 Å². The van der Waals surface area contributed by atoms with Gasteiger partial charge in [0.2, 0.25) is 0 Å². The number of anilines is 1. The molecule has 0 saturated heterocycles. The second-order valence-electron chi connectivity index (χ2n) is 6.90. The number of ketones is 1. The molecule has 0 amide bonds. The fraction of sp³-hybridized carbons (Fsp3) is 0.471. The Labute approximate surface area is 136 Å². The Bertz CT molecular complexity index is 653. The van der Waals surface area contributed by atoms with Crippen LogP contribution in [0.3, 0.4) is 0 Å². The van der Waals surface area contributed by atoms with Crippen LogP contribution in [0.2, 0.25) is 0 Å². The van der Waals surface area contributed by atoms with Gasteiger partial charge in [0.1, 0.15) is 5.71 Å². The minimum absolute atomic E-state index is 0.0287. The molecular formula is C17H21N3OS. The Hall–Kier alpha value is -1.75. The molecule has 2 bridgehead atoms. The summed E-state index contributed by atoms with van der Waals surface area (Å²) in [6.45, 7) is 6.41. The lowest BCUT2D eigenvalue weighted by atomic mass is 9.70. The van der Waals surface area contributed by atoms with Crippen molar-refractivity contribution in [3.05, 3.63) is 30.3 Å². The molecule has 1 aromatic carbocycles. The normalized spacial score (nSPS) is 30.6. The molecule has 4 nitrogen and oxygen atoms in total. The first kappa shape index (κ1) is 15.2. The number of carbonyl (C=O) groups excluding carboxylic acids is 1. The molecule has 0 heterocycles. The number of nitrogens with one attached hydrogen (secondary N) is 2.